The lowest BCUT2D eigenvalue weighted by Crippen LogP contribution is -2.16. The largest absolute Gasteiger partial charge is 0.490 e. The van der Waals surface area contributed by atoms with Crippen LogP contribution in [0.5, 0.6) is 11.5 Å². The Morgan fingerprint density at radius 3 is 2.50 bits per heavy atom. The molecule has 28 heavy (non-hydrogen) atoms. The zero-order valence-electron chi connectivity index (χ0n) is 16.2. The summed E-state index contributed by atoms with van der Waals surface area (Å²) in [6.45, 7) is 8.52. The van der Waals surface area contributed by atoms with Gasteiger partial charge in [0.05, 0.1) is 19.8 Å². The third kappa shape index (κ3) is 6.10. The Kier molecular flexibility index (Phi) is 8.52. The fourth-order valence-corrected chi connectivity index (χ4v) is 4.02. The highest BCUT2D eigenvalue weighted by molar-refractivity contribution is 8.02. The Hall–Kier alpha value is -2.33. The molecule has 0 fully saturated rings. The van der Waals surface area contributed by atoms with Crippen molar-refractivity contribution in [3.63, 3.8) is 0 Å². The van der Waals surface area contributed by atoms with Crippen LogP contribution in [0.25, 0.3) is 0 Å². The van der Waals surface area contributed by atoms with E-state index in [1.807, 2.05) is 13.8 Å². The Bertz CT molecular complexity index is 812. The minimum Gasteiger partial charge on any atom is -0.490 e. The molecule has 0 bridgehead atoms. The maximum absolute atomic E-state index is 12.5. The van der Waals surface area contributed by atoms with Crippen molar-refractivity contribution < 1.29 is 23.8 Å². The highest BCUT2D eigenvalue weighted by Gasteiger charge is 2.19. The highest BCUT2D eigenvalue weighted by atomic mass is 32.2. The average molecular weight is 426 g/mol. The summed E-state index contributed by atoms with van der Waals surface area (Å²) in [5, 5.41) is 10.6. The average Bonchev–Trinajstić information content (AvgIpc) is 3.10. The Morgan fingerprint density at radius 2 is 1.82 bits per heavy atom. The lowest BCUT2D eigenvalue weighted by Gasteiger charge is -2.12. The minimum absolute atomic E-state index is 0.314. The van der Waals surface area contributed by atoms with Crippen molar-refractivity contribution in [1.29, 1.82) is 0 Å². The zero-order chi connectivity index (χ0) is 20.5. The molecule has 0 spiro atoms. The van der Waals surface area contributed by atoms with Gasteiger partial charge in [-0.05, 0) is 45.9 Å². The van der Waals surface area contributed by atoms with Gasteiger partial charge in [-0.2, -0.15) is 0 Å². The molecule has 10 heteroatoms. The van der Waals surface area contributed by atoms with E-state index in [9.17, 15) is 9.59 Å². The van der Waals surface area contributed by atoms with Crippen molar-refractivity contribution in [2.75, 3.05) is 25.1 Å². The van der Waals surface area contributed by atoms with Crippen LogP contribution in [0.15, 0.2) is 22.5 Å². The van der Waals surface area contributed by atoms with Gasteiger partial charge in [0.2, 0.25) is 5.13 Å². The summed E-state index contributed by atoms with van der Waals surface area (Å²) in [6.07, 6.45) is 0. The second kappa shape index (κ2) is 10.9. The predicted octanol–water partition coefficient (Wildman–Crippen LogP) is 3.63. The number of nitrogens with zero attached hydrogens (tertiary/aromatic N) is 2. The molecule has 0 aliphatic carbocycles. The molecular formula is C18H23N3O5S2. The molecule has 1 heterocycles. The molecule has 0 saturated heterocycles. The maximum Gasteiger partial charge on any atom is 0.319 e. The molecule has 152 valence electrons. The first-order valence-electron chi connectivity index (χ1n) is 8.86. The SMILES string of the molecule is CCOC(=O)C(C)Sc1nnc(NC(=O)c2ccc(OCC)c(OCC)c2)s1. The summed E-state index contributed by atoms with van der Waals surface area (Å²) in [5.74, 6) is 0.443. The molecule has 0 aliphatic heterocycles. The number of carbonyl (C=O) groups excluding carboxylic acids is 2. The van der Waals surface area contributed by atoms with Gasteiger partial charge < -0.3 is 14.2 Å². The number of hydrogen-bond acceptors (Lipinski definition) is 9. The van der Waals surface area contributed by atoms with Crippen molar-refractivity contribution in [2.45, 2.75) is 37.3 Å². The van der Waals surface area contributed by atoms with Crippen LogP contribution in [-0.4, -0.2) is 47.1 Å². The van der Waals surface area contributed by atoms with E-state index in [-0.39, 0.29) is 11.9 Å². The first kappa shape index (κ1) is 22.0. The number of nitrogens with one attached hydrogen (secondary N) is 1. The number of thioether (sulfide) groups is 1. The Labute approximate surface area is 172 Å². The summed E-state index contributed by atoms with van der Waals surface area (Å²) in [7, 11) is 0. The van der Waals surface area contributed by atoms with Crippen molar-refractivity contribution in [3.05, 3.63) is 23.8 Å². The molecule has 8 nitrogen and oxygen atoms in total. The van der Waals surface area contributed by atoms with Gasteiger partial charge in [-0.25, -0.2) is 0 Å². The second-order valence-corrected chi connectivity index (χ2v) is 7.93. The number of carbonyl (C=O) groups is 2. The standard InChI is InChI=1S/C18H23N3O5S2/c1-5-24-13-9-8-12(10-14(13)25-6-2)15(22)19-17-20-21-18(28-17)27-11(4)16(23)26-7-3/h8-11H,5-7H2,1-4H3,(H,19,20,22). The van der Waals surface area contributed by atoms with Crippen molar-refractivity contribution >= 4 is 40.1 Å². The van der Waals surface area contributed by atoms with E-state index in [1.165, 1.54) is 23.1 Å². The van der Waals surface area contributed by atoms with Gasteiger partial charge in [-0.15, -0.1) is 10.2 Å². The van der Waals surface area contributed by atoms with E-state index in [1.54, 1.807) is 32.0 Å². The first-order valence-corrected chi connectivity index (χ1v) is 10.6. The van der Waals surface area contributed by atoms with E-state index >= 15 is 0 Å². The van der Waals surface area contributed by atoms with Crippen LogP contribution in [0.4, 0.5) is 5.13 Å². The predicted molar refractivity (Wildman–Crippen MR) is 109 cm³/mol. The number of ether oxygens (including phenoxy) is 3. The van der Waals surface area contributed by atoms with Gasteiger partial charge in [-0.3, -0.25) is 14.9 Å². The maximum atomic E-state index is 12.5. The summed E-state index contributed by atoms with van der Waals surface area (Å²) >= 11 is 2.42. The molecule has 1 amide bonds. The molecule has 0 radical (unpaired) electrons. The van der Waals surface area contributed by atoms with Crippen molar-refractivity contribution in [1.82, 2.24) is 10.2 Å². The van der Waals surface area contributed by atoms with E-state index < -0.39 is 5.25 Å². The van der Waals surface area contributed by atoms with Crippen LogP contribution in [0.3, 0.4) is 0 Å². The Balaban J connectivity index is 2.04. The molecule has 0 aliphatic rings. The molecule has 1 aromatic heterocycles. The van der Waals surface area contributed by atoms with Crippen LogP contribution >= 0.6 is 23.1 Å². The quantitative estimate of drug-likeness (QED) is 0.350. The van der Waals surface area contributed by atoms with E-state index in [2.05, 4.69) is 15.5 Å². The summed E-state index contributed by atoms with van der Waals surface area (Å²) < 4.78 is 16.6. The van der Waals surface area contributed by atoms with Gasteiger partial charge in [0, 0.05) is 5.56 Å². The van der Waals surface area contributed by atoms with E-state index in [0.29, 0.717) is 46.4 Å². The van der Waals surface area contributed by atoms with Crippen molar-refractivity contribution in [3.8, 4) is 11.5 Å². The number of rotatable bonds is 10. The number of amides is 1. The molecule has 1 unspecified atom stereocenters. The minimum atomic E-state index is -0.406. The molecule has 1 atom stereocenters. The van der Waals surface area contributed by atoms with Gasteiger partial charge in [0.1, 0.15) is 5.25 Å². The topological polar surface area (TPSA) is 99.6 Å². The number of aromatic nitrogens is 2. The molecule has 1 N–H and O–H groups in total. The summed E-state index contributed by atoms with van der Waals surface area (Å²) in [6, 6.07) is 4.98. The fraction of sp³-hybridized carbons (Fsp3) is 0.444. The summed E-state index contributed by atoms with van der Waals surface area (Å²) in [5.41, 5.74) is 0.413. The smallest absolute Gasteiger partial charge is 0.319 e. The number of hydrogen-bond donors (Lipinski definition) is 1. The lowest BCUT2D eigenvalue weighted by atomic mass is 10.2. The number of esters is 1. The highest BCUT2D eigenvalue weighted by Crippen LogP contribution is 2.31. The van der Waals surface area contributed by atoms with Crippen LogP contribution in [0.1, 0.15) is 38.1 Å². The third-order valence-corrected chi connectivity index (χ3v) is 5.33. The van der Waals surface area contributed by atoms with E-state index in [0.717, 1.165) is 0 Å². The molecular weight excluding hydrogens is 402 g/mol. The number of anilines is 1. The van der Waals surface area contributed by atoms with Gasteiger partial charge in [-0.1, -0.05) is 23.1 Å². The molecule has 1 aromatic carbocycles. The van der Waals surface area contributed by atoms with Crippen LogP contribution in [-0.2, 0) is 9.53 Å². The van der Waals surface area contributed by atoms with Gasteiger partial charge >= 0.3 is 5.97 Å². The first-order chi connectivity index (χ1) is 13.5. The number of benzene rings is 1. The van der Waals surface area contributed by atoms with Gasteiger partial charge in [0.15, 0.2) is 15.8 Å². The van der Waals surface area contributed by atoms with Crippen molar-refractivity contribution in [2.24, 2.45) is 0 Å². The monoisotopic (exact) mass is 425 g/mol. The zero-order valence-corrected chi connectivity index (χ0v) is 17.8. The molecule has 2 aromatic rings. The van der Waals surface area contributed by atoms with Gasteiger partial charge in [0.25, 0.3) is 5.91 Å². The normalized spacial score (nSPS) is 11.6. The molecule has 0 saturated carbocycles. The summed E-state index contributed by atoms with van der Waals surface area (Å²) in [4.78, 5) is 24.2. The fourth-order valence-electron chi connectivity index (χ4n) is 2.13. The molecule has 2 rings (SSSR count). The second-order valence-electron chi connectivity index (χ2n) is 5.37. The lowest BCUT2D eigenvalue weighted by molar-refractivity contribution is -0.142. The third-order valence-electron chi connectivity index (χ3n) is 3.33. The van der Waals surface area contributed by atoms with E-state index in [4.69, 9.17) is 14.2 Å². The Morgan fingerprint density at radius 1 is 1.11 bits per heavy atom. The van der Waals surface area contributed by atoms with Crippen LogP contribution in [0.2, 0.25) is 0 Å². The van der Waals surface area contributed by atoms with Crippen LogP contribution < -0.4 is 14.8 Å². The van der Waals surface area contributed by atoms with Crippen LogP contribution in [0, 0.1) is 0 Å².